The molecule has 0 unspecified atom stereocenters. The van der Waals surface area contributed by atoms with Crippen molar-refractivity contribution in [2.75, 3.05) is 19.7 Å². The second-order valence-corrected chi connectivity index (χ2v) is 6.23. The Morgan fingerprint density at radius 1 is 1.04 bits per heavy atom. The van der Waals surface area contributed by atoms with Gasteiger partial charge in [0.05, 0.1) is 19.8 Å². The summed E-state index contributed by atoms with van der Waals surface area (Å²) >= 11 is 0. The van der Waals surface area contributed by atoms with Crippen LogP contribution in [0.5, 0.6) is 5.75 Å². The van der Waals surface area contributed by atoms with Crippen molar-refractivity contribution in [1.29, 1.82) is 0 Å². The lowest BCUT2D eigenvalue weighted by molar-refractivity contribution is 0.0791. The molecule has 0 saturated carbocycles. The Morgan fingerprint density at radius 2 is 1.80 bits per heavy atom. The fourth-order valence-corrected chi connectivity index (χ4v) is 3.08. The Labute approximate surface area is 149 Å². The summed E-state index contributed by atoms with van der Waals surface area (Å²) in [5.74, 6) is 0.887. The number of carbonyl (C=O) groups is 1. The van der Waals surface area contributed by atoms with Gasteiger partial charge in [0.2, 0.25) is 0 Å². The SMILES string of the molecule is CCOc1ccc(C(=O)N2CCCC2)cc1COCc1ccccc1. The third-order valence-corrected chi connectivity index (χ3v) is 4.37. The molecule has 25 heavy (non-hydrogen) atoms. The number of benzene rings is 2. The highest BCUT2D eigenvalue weighted by Gasteiger charge is 2.20. The highest BCUT2D eigenvalue weighted by molar-refractivity contribution is 5.94. The lowest BCUT2D eigenvalue weighted by Gasteiger charge is -2.17. The van der Waals surface area contributed by atoms with E-state index >= 15 is 0 Å². The molecule has 3 rings (SSSR count). The third-order valence-electron chi connectivity index (χ3n) is 4.37. The van der Waals surface area contributed by atoms with Crippen molar-refractivity contribution >= 4 is 5.91 Å². The zero-order valence-corrected chi connectivity index (χ0v) is 14.7. The largest absolute Gasteiger partial charge is 0.494 e. The average Bonchev–Trinajstić information content (AvgIpc) is 3.18. The van der Waals surface area contributed by atoms with Gasteiger partial charge in [-0.05, 0) is 43.5 Å². The number of rotatable bonds is 7. The molecule has 1 heterocycles. The molecule has 1 aliphatic rings. The van der Waals surface area contributed by atoms with Crippen LogP contribution in [0, 0.1) is 0 Å². The van der Waals surface area contributed by atoms with Gasteiger partial charge in [0, 0.05) is 24.2 Å². The maximum absolute atomic E-state index is 12.6. The summed E-state index contributed by atoms with van der Waals surface area (Å²) in [5, 5.41) is 0. The highest BCUT2D eigenvalue weighted by Crippen LogP contribution is 2.23. The van der Waals surface area contributed by atoms with Gasteiger partial charge in [0.25, 0.3) is 5.91 Å². The zero-order chi connectivity index (χ0) is 17.5. The fourth-order valence-electron chi connectivity index (χ4n) is 3.08. The summed E-state index contributed by atoms with van der Waals surface area (Å²) < 4.78 is 11.5. The van der Waals surface area contributed by atoms with Crippen LogP contribution in [0.2, 0.25) is 0 Å². The third kappa shape index (κ3) is 4.60. The van der Waals surface area contributed by atoms with Crippen LogP contribution in [-0.4, -0.2) is 30.5 Å². The van der Waals surface area contributed by atoms with E-state index in [9.17, 15) is 4.79 Å². The maximum Gasteiger partial charge on any atom is 0.253 e. The molecule has 0 atom stereocenters. The molecule has 0 bridgehead atoms. The fraction of sp³-hybridized carbons (Fsp3) is 0.381. The number of hydrogen-bond donors (Lipinski definition) is 0. The maximum atomic E-state index is 12.6. The minimum Gasteiger partial charge on any atom is -0.494 e. The molecule has 1 fully saturated rings. The zero-order valence-electron chi connectivity index (χ0n) is 14.7. The van der Waals surface area contributed by atoms with Crippen LogP contribution in [0.4, 0.5) is 0 Å². The number of likely N-dealkylation sites (tertiary alicyclic amines) is 1. The topological polar surface area (TPSA) is 38.8 Å². The molecule has 0 N–H and O–H groups in total. The molecule has 0 aromatic heterocycles. The number of ether oxygens (including phenoxy) is 2. The van der Waals surface area contributed by atoms with Crippen molar-refractivity contribution in [3.8, 4) is 5.75 Å². The van der Waals surface area contributed by atoms with E-state index in [0.717, 1.165) is 42.8 Å². The molecule has 2 aromatic rings. The molecule has 2 aromatic carbocycles. The van der Waals surface area contributed by atoms with Gasteiger partial charge in [0.1, 0.15) is 5.75 Å². The summed E-state index contributed by atoms with van der Waals surface area (Å²) in [4.78, 5) is 14.5. The standard InChI is InChI=1S/C21H25NO3/c1-2-25-20-11-10-18(21(23)22-12-6-7-13-22)14-19(20)16-24-15-17-8-4-3-5-9-17/h3-5,8-11,14H,2,6-7,12-13,15-16H2,1H3. The minimum absolute atomic E-state index is 0.102. The van der Waals surface area contributed by atoms with E-state index in [1.165, 1.54) is 0 Å². The summed E-state index contributed by atoms with van der Waals surface area (Å²) in [7, 11) is 0. The monoisotopic (exact) mass is 339 g/mol. The second kappa shape index (κ2) is 8.67. The van der Waals surface area contributed by atoms with Gasteiger partial charge < -0.3 is 14.4 Å². The van der Waals surface area contributed by atoms with Crippen LogP contribution in [0.1, 0.15) is 41.3 Å². The summed E-state index contributed by atoms with van der Waals surface area (Å²) in [5.41, 5.74) is 2.76. The molecule has 1 saturated heterocycles. The normalized spacial score (nSPS) is 13.9. The van der Waals surface area contributed by atoms with Gasteiger partial charge >= 0.3 is 0 Å². The van der Waals surface area contributed by atoms with E-state index in [2.05, 4.69) is 0 Å². The first kappa shape index (κ1) is 17.5. The minimum atomic E-state index is 0.102. The van der Waals surface area contributed by atoms with Crippen molar-refractivity contribution < 1.29 is 14.3 Å². The van der Waals surface area contributed by atoms with Crippen LogP contribution in [0.3, 0.4) is 0 Å². The molecule has 0 radical (unpaired) electrons. The van der Waals surface area contributed by atoms with E-state index in [-0.39, 0.29) is 5.91 Å². The predicted molar refractivity (Wildman–Crippen MR) is 97.7 cm³/mol. The second-order valence-electron chi connectivity index (χ2n) is 6.23. The van der Waals surface area contributed by atoms with E-state index in [1.807, 2.05) is 60.4 Å². The van der Waals surface area contributed by atoms with Gasteiger partial charge in [-0.3, -0.25) is 4.79 Å². The Kier molecular flexibility index (Phi) is 6.07. The first-order chi connectivity index (χ1) is 12.3. The van der Waals surface area contributed by atoms with Crippen molar-refractivity contribution in [2.24, 2.45) is 0 Å². The molecular weight excluding hydrogens is 314 g/mol. The van der Waals surface area contributed by atoms with Crippen molar-refractivity contribution in [3.63, 3.8) is 0 Å². The van der Waals surface area contributed by atoms with Gasteiger partial charge in [-0.2, -0.15) is 0 Å². The molecule has 4 heteroatoms. The molecule has 132 valence electrons. The Hall–Kier alpha value is -2.33. The van der Waals surface area contributed by atoms with Gasteiger partial charge in [-0.25, -0.2) is 0 Å². The molecule has 4 nitrogen and oxygen atoms in total. The summed E-state index contributed by atoms with van der Waals surface area (Å²) in [6, 6.07) is 15.7. The number of amides is 1. The Morgan fingerprint density at radius 3 is 2.52 bits per heavy atom. The van der Waals surface area contributed by atoms with E-state index in [1.54, 1.807) is 0 Å². The molecule has 1 aliphatic heterocycles. The first-order valence-electron chi connectivity index (χ1n) is 8.94. The number of hydrogen-bond acceptors (Lipinski definition) is 3. The van der Waals surface area contributed by atoms with Crippen LogP contribution in [0.25, 0.3) is 0 Å². The first-order valence-corrected chi connectivity index (χ1v) is 8.94. The molecule has 1 amide bonds. The Balaban J connectivity index is 1.70. The Bertz CT molecular complexity index is 694. The lowest BCUT2D eigenvalue weighted by atomic mass is 10.1. The average molecular weight is 339 g/mol. The van der Waals surface area contributed by atoms with Crippen LogP contribution in [0.15, 0.2) is 48.5 Å². The van der Waals surface area contributed by atoms with Crippen molar-refractivity contribution in [3.05, 3.63) is 65.2 Å². The summed E-state index contributed by atoms with van der Waals surface area (Å²) in [6.45, 7) is 5.21. The molecular formula is C21H25NO3. The number of carbonyl (C=O) groups excluding carboxylic acids is 1. The molecule has 0 aliphatic carbocycles. The van der Waals surface area contributed by atoms with Crippen LogP contribution < -0.4 is 4.74 Å². The quantitative estimate of drug-likeness (QED) is 0.764. The van der Waals surface area contributed by atoms with Gasteiger partial charge in [-0.15, -0.1) is 0 Å². The highest BCUT2D eigenvalue weighted by atomic mass is 16.5. The molecule has 0 spiro atoms. The van der Waals surface area contributed by atoms with E-state index in [4.69, 9.17) is 9.47 Å². The van der Waals surface area contributed by atoms with Crippen molar-refractivity contribution in [2.45, 2.75) is 33.0 Å². The number of nitrogens with zero attached hydrogens (tertiary/aromatic N) is 1. The summed E-state index contributed by atoms with van der Waals surface area (Å²) in [6.07, 6.45) is 2.19. The van der Waals surface area contributed by atoms with E-state index in [0.29, 0.717) is 25.4 Å². The predicted octanol–water partition coefficient (Wildman–Crippen LogP) is 4.04. The lowest BCUT2D eigenvalue weighted by Crippen LogP contribution is -2.27. The van der Waals surface area contributed by atoms with E-state index < -0.39 is 0 Å². The van der Waals surface area contributed by atoms with Crippen LogP contribution in [-0.2, 0) is 18.0 Å². The smallest absolute Gasteiger partial charge is 0.253 e. The van der Waals surface area contributed by atoms with Gasteiger partial charge in [0.15, 0.2) is 0 Å². The van der Waals surface area contributed by atoms with Gasteiger partial charge in [-0.1, -0.05) is 30.3 Å². The van der Waals surface area contributed by atoms with Crippen LogP contribution >= 0.6 is 0 Å². The van der Waals surface area contributed by atoms with Crippen molar-refractivity contribution in [1.82, 2.24) is 4.90 Å².